The van der Waals surface area contributed by atoms with Crippen molar-refractivity contribution in [3.05, 3.63) is 23.0 Å². The van der Waals surface area contributed by atoms with Gasteiger partial charge in [-0.2, -0.15) is 13.2 Å². The van der Waals surface area contributed by atoms with Gasteiger partial charge in [-0.1, -0.05) is 11.6 Å². The smallest absolute Gasteiger partial charge is 0.406 e. The first-order chi connectivity index (χ1) is 9.67. The van der Waals surface area contributed by atoms with E-state index < -0.39 is 36.4 Å². The molecule has 0 radical (unpaired) electrons. The first-order valence-electron chi connectivity index (χ1n) is 5.76. The second-order valence-electron chi connectivity index (χ2n) is 4.60. The number of rotatable bonds is 2. The SMILES string of the molecule is O=C(c1ccc(Cl)nn1)N1CCC(C(=O)O)(C(F)(F)F)C1. The highest BCUT2D eigenvalue weighted by Gasteiger charge is 2.64. The fourth-order valence-electron chi connectivity index (χ4n) is 2.10. The van der Waals surface area contributed by atoms with Crippen molar-refractivity contribution < 1.29 is 27.9 Å². The molecule has 21 heavy (non-hydrogen) atoms. The first-order valence-corrected chi connectivity index (χ1v) is 6.14. The zero-order valence-corrected chi connectivity index (χ0v) is 11.1. The number of hydrogen-bond donors (Lipinski definition) is 1. The van der Waals surface area contributed by atoms with E-state index in [0.717, 1.165) is 4.90 Å². The Balaban J connectivity index is 2.23. The van der Waals surface area contributed by atoms with Crippen LogP contribution in [0, 0.1) is 5.41 Å². The highest BCUT2D eigenvalue weighted by Crippen LogP contribution is 2.45. The number of likely N-dealkylation sites (tertiary alicyclic amines) is 1. The lowest BCUT2D eigenvalue weighted by atomic mass is 9.86. The molecular weight excluding hydrogens is 315 g/mol. The summed E-state index contributed by atoms with van der Waals surface area (Å²) >= 11 is 5.50. The number of aliphatic carboxylic acids is 1. The van der Waals surface area contributed by atoms with Gasteiger partial charge in [0.1, 0.15) is 0 Å². The van der Waals surface area contributed by atoms with Crippen molar-refractivity contribution in [2.75, 3.05) is 13.1 Å². The maximum absolute atomic E-state index is 13.0. The molecule has 6 nitrogen and oxygen atoms in total. The largest absolute Gasteiger partial charge is 0.481 e. The Morgan fingerprint density at radius 1 is 1.33 bits per heavy atom. The van der Waals surface area contributed by atoms with Gasteiger partial charge >= 0.3 is 12.1 Å². The summed E-state index contributed by atoms with van der Waals surface area (Å²) in [7, 11) is 0. The van der Waals surface area contributed by atoms with Crippen LogP contribution in [0.5, 0.6) is 0 Å². The molecular formula is C11H9ClF3N3O3. The van der Waals surface area contributed by atoms with E-state index in [9.17, 15) is 22.8 Å². The minimum absolute atomic E-state index is 0.0307. The van der Waals surface area contributed by atoms with Gasteiger partial charge in [-0.15, -0.1) is 10.2 Å². The van der Waals surface area contributed by atoms with Crippen LogP contribution in [-0.4, -0.2) is 51.3 Å². The molecule has 1 aliphatic rings. The summed E-state index contributed by atoms with van der Waals surface area (Å²) < 4.78 is 39.0. The molecule has 1 aliphatic heterocycles. The third kappa shape index (κ3) is 2.65. The van der Waals surface area contributed by atoms with Gasteiger partial charge in [-0.3, -0.25) is 9.59 Å². The Bertz CT molecular complexity index is 578. The summed E-state index contributed by atoms with van der Waals surface area (Å²) in [5, 5.41) is 15.8. The fourth-order valence-corrected chi connectivity index (χ4v) is 2.20. The van der Waals surface area contributed by atoms with Gasteiger partial charge in [0.15, 0.2) is 16.3 Å². The van der Waals surface area contributed by atoms with E-state index in [-0.39, 0.29) is 17.4 Å². The maximum atomic E-state index is 13.0. The van der Waals surface area contributed by atoms with Crippen molar-refractivity contribution in [3.8, 4) is 0 Å². The monoisotopic (exact) mass is 323 g/mol. The average Bonchev–Trinajstić information content (AvgIpc) is 2.84. The molecule has 1 unspecified atom stereocenters. The summed E-state index contributed by atoms with van der Waals surface area (Å²) in [4.78, 5) is 23.8. The molecule has 0 bridgehead atoms. The van der Waals surface area contributed by atoms with Gasteiger partial charge in [0, 0.05) is 13.1 Å². The topological polar surface area (TPSA) is 83.4 Å². The molecule has 1 atom stereocenters. The quantitative estimate of drug-likeness (QED) is 0.894. The second kappa shape index (κ2) is 5.14. The number of carboxylic acid groups (broad SMARTS) is 1. The van der Waals surface area contributed by atoms with Crippen molar-refractivity contribution in [3.63, 3.8) is 0 Å². The molecule has 0 saturated carbocycles. The number of hydrogen-bond acceptors (Lipinski definition) is 4. The van der Waals surface area contributed by atoms with Crippen LogP contribution in [0.4, 0.5) is 13.2 Å². The lowest BCUT2D eigenvalue weighted by Crippen LogP contribution is -2.47. The van der Waals surface area contributed by atoms with Crippen LogP contribution in [0.15, 0.2) is 12.1 Å². The predicted octanol–water partition coefficient (Wildman–Crippen LogP) is 1.61. The maximum Gasteiger partial charge on any atom is 0.406 e. The number of carboxylic acids is 1. The zero-order valence-electron chi connectivity index (χ0n) is 10.4. The molecule has 10 heteroatoms. The van der Waals surface area contributed by atoms with Crippen molar-refractivity contribution >= 4 is 23.5 Å². The van der Waals surface area contributed by atoms with Gasteiger partial charge in [0.2, 0.25) is 0 Å². The van der Waals surface area contributed by atoms with Crippen molar-refractivity contribution in [2.45, 2.75) is 12.6 Å². The molecule has 114 valence electrons. The predicted molar refractivity (Wildman–Crippen MR) is 63.7 cm³/mol. The van der Waals surface area contributed by atoms with Crippen LogP contribution < -0.4 is 0 Å². The van der Waals surface area contributed by atoms with E-state index in [1.807, 2.05) is 0 Å². The molecule has 1 amide bonds. The Hall–Kier alpha value is -1.90. The number of carbonyl (C=O) groups excluding carboxylic acids is 1. The Morgan fingerprint density at radius 2 is 2.00 bits per heavy atom. The van der Waals surface area contributed by atoms with Crippen LogP contribution in [-0.2, 0) is 4.79 Å². The van der Waals surface area contributed by atoms with Crippen molar-refractivity contribution in [1.82, 2.24) is 15.1 Å². The van der Waals surface area contributed by atoms with Crippen LogP contribution in [0.3, 0.4) is 0 Å². The highest BCUT2D eigenvalue weighted by molar-refractivity contribution is 6.29. The second-order valence-corrected chi connectivity index (χ2v) is 4.99. The third-order valence-corrected chi connectivity index (χ3v) is 3.56. The summed E-state index contributed by atoms with van der Waals surface area (Å²) in [6, 6.07) is 2.48. The Morgan fingerprint density at radius 3 is 2.43 bits per heavy atom. The van der Waals surface area contributed by atoms with E-state index >= 15 is 0 Å². The zero-order chi connectivity index (χ0) is 15.8. The number of carbonyl (C=O) groups is 2. The molecule has 2 heterocycles. The summed E-state index contributed by atoms with van der Waals surface area (Å²) in [5.74, 6) is -2.81. The van der Waals surface area contributed by atoms with E-state index in [1.165, 1.54) is 12.1 Å². The molecule has 1 aromatic rings. The highest BCUT2D eigenvalue weighted by atomic mass is 35.5. The number of halogens is 4. The van der Waals surface area contributed by atoms with Gasteiger partial charge in [-0.25, -0.2) is 0 Å². The standard InChI is InChI=1S/C11H9ClF3N3O3/c12-7-2-1-6(16-17-7)8(19)18-4-3-10(5-18,9(20)21)11(13,14)15/h1-2H,3-5H2,(H,20,21). The van der Waals surface area contributed by atoms with E-state index in [1.54, 1.807) is 0 Å². The third-order valence-electron chi connectivity index (χ3n) is 3.36. The lowest BCUT2D eigenvalue weighted by Gasteiger charge is -2.27. The number of alkyl halides is 3. The van der Waals surface area contributed by atoms with Crippen LogP contribution in [0.2, 0.25) is 5.15 Å². The Kier molecular flexibility index (Phi) is 3.79. The normalized spacial score (nSPS) is 22.4. The molecule has 0 aliphatic carbocycles. The summed E-state index contributed by atoms with van der Waals surface area (Å²) in [6.07, 6.45) is -5.64. The van der Waals surface area contributed by atoms with Crippen LogP contribution in [0.25, 0.3) is 0 Å². The van der Waals surface area contributed by atoms with Gasteiger partial charge in [0.05, 0.1) is 0 Å². The molecule has 1 N–H and O–H groups in total. The van der Waals surface area contributed by atoms with Crippen molar-refractivity contribution in [1.29, 1.82) is 0 Å². The van der Waals surface area contributed by atoms with Crippen LogP contribution >= 0.6 is 11.6 Å². The Labute approximate surface area is 121 Å². The molecule has 1 aromatic heterocycles. The summed E-state index contributed by atoms with van der Waals surface area (Å²) in [5.41, 5.74) is -3.13. The first kappa shape index (κ1) is 15.5. The molecule has 1 fully saturated rings. The lowest BCUT2D eigenvalue weighted by molar-refractivity contribution is -0.227. The minimum Gasteiger partial charge on any atom is -0.481 e. The van der Waals surface area contributed by atoms with Gasteiger partial charge in [-0.05, 0) is 18.6 Å². The van der Waals surface area contributed by atoms with E-state index in [2.05, 4.69) is 10.2 Å². The molecule has 1 saturated heterocycles. The van der Waals surface area contributed by atoms with Crippen LogP contribution in [0.1, 0.15) is 16.9 Å². The van der Waals surface area contributed by atoms with E-state index in [4.69, 9.17) is 16.7 Å². The average molecular weight is 324 g/mol. The molecule has 2 rings (SSSR count). The molecule has 0 spiro atoms. The number of nitrogens with zero attached hydrogens (tertiary/aromatic N) is 3. The molecule has 0 aromatic carbocycles. The van der Waals surface area contributed by atoms with Gasteiger partial charge in [0.25, 0.3) is 5.91 Å². The van der Waals surface area contributed by atoms with Crippen molar-refractivity contribution in [2.24, 2.45) is 5.41 Å². The minimum atomic E-state index is -4.94. The fraction of sp³-hybridized carbons (Fsp3) is 0.455. The number of aromatic nitrogens is 2. The number of amides is 1. The van der Waals surface area contributed by atoms with Gasteiger partial charge < -0.3 is 10.0 Å². The summed E-state index contributed by atoms with van der Waals surface area (Å²) in [6.45, 7) is -1.27. The van der Waals surface area contributed by atoms with E-state index in [0.29, 0.717) is 0 Å².